The van der Waals surface area contributed by atoms with Gasteiger partial charge in [-0.15, -0.1) is 11.3 Å². The van der Waals surface area contributed by atoms with Crippen molar-refractivity contribution in [2.75, 3.05) is 0 Å². The van der Waals surface area contributed by atoms with Crippen molar-refractivity contribution in [2.24, 2.45) is 0 Å². The number of nitrogens with zero attached hydrogens (tertiary/aromatic N) is 1. The fraction of sp³-hybridized carbons (Fsp3) is 0.200. The molecule has 2 aromatic rings. The lowest BCUT2D eigenvalue weighted by molar-refractivity contribution is -0.117. The standard InChI is InChI=1S/C15H15FN2OS/c1-10(14-9-20-11(2)18-14)17-15(19)8-5-12-3-6-13(16)7-4-12/h3-10H,1-2H3,(H,17,19)/b8-5+. The molecule has 1 unspecified atom stereocenters. The van der Waals surface area contributed by atoms with Gasteiger partial charge in [0.05, 0.1) is 16.7 Å². The molecular formula is C15H15FN2OS. The van der Waals surface area contributed by atoms with Crippen molar-refractivity contribution in [1.82, 2.24) is 10.3 Å². The molecule has 1 aromatic carbocycles. The summed E-state index contributed by atoms with van der Waals surface area (Å²) < 4.78 is 12.7. The predicted molar refractivity (Wildman–Crippen MR) is 78.8 cm³/mol. The largest absolute Gasteiger partial charge is 0.344 e. The second-order valence-electron chi connectivity index (χ2n) is 4.41. The molecule has 0 radical (unpaired) electrons. The number of carbonyl (C=O) groups excluding carboxylic acids is 1. The first-order chi connectivity index (χ1) is 9.54. The lowest BCUT2D eigenvalue weighted by Gasteiger charge is -2.09. The molecule has 104 valence electrons. The number of benzene rings is 1. The van der Waals surface area contributed by atoms with E-state index in [-0.39, 0.29) is 17.8 Å². The van der Waals surface area contributed by atoms with Crippen molar-refractivity contribution in [3.05, 3.63) is 57.8 Å². The van der Waals surface area contributed by atoms with Crippen LogP contribution in [0, 0.1) is 12.7 Å². The maximum atomic E-state index is 12.7. The molecule has 0 aliphatic carbocycles. The fourth-order valence-corrected chi connectivity index (χ4v) is 2.37. The summed E-state index contributed by atoms with van der Waals surface area (Å²) >= 11 is 1.56. The van der Waals surface area contributed by atoms with Crippen molar-refractivity contribution in [3.8, 4) is 0 Å². The minimum absolute atomic E-state index is 0.134. The van der Waals surface area contributed by atoms with Crippen molar-refractivity contribution in [2.45, 2.75) is 19.9 Å². The van der Waals surface area contributed by atoms with Crippen LogP contribution in [-0.2, 0) is 4.79 Å². The molecule has 1 atom stereocenters. The van der Waals surface area contributed by atoms with E-state index in [0.717, 1.165) is 16.3 Å². The average Bonchev–Trinajstić information content (AvgIpc) is 2.85. The second-order valence-corrected chi connectivity index (χ2v) is 5.47. The Morgan fingerprint density at radius 1 is 1.40 bits per heavy atom. The Bertz CT molecular complexity index is 619. The molecular weight excluding hydrogens is 275 g/mol. The summed E-state index contributed by atoms with van der Waals surface area (Å²) in [4.78, 5) is 16.1. The monoisotopic (exact) mass is 290 g/mol. The minimum Gasteiger partial charge on any atom is -0.344 e. The molecule has 0 bridgehead atoms. The molecule has 0 spiro atoms. The molecule has 1 aromatic heterocycles. The first-order valence-electron chi connectivity index (χ1n) is 6.21. The van der Waals surface area contributed by atoms with Gasteiger partial charge in [0.1, 0.15) is 5.82 Å². The van der Waals surface area contributed by atoms with Gasteiger partial charge in [-0.2, -0.15) is 0 Å². The van der Waals surface area contributed by atoms with E-state index in [1.807, 2.05) is 19.2 Å². The van der Waals surface area contributed by atoms with E-state index >= 15 is 0 Å². The van der Waals surface area contributed by atoms with Crippen LogP contribution < -0.4 is 5.32 Å². The van der Waals surface area contributed by atoms with Gasteiger partial charge in [-0.1, -0.05) is 12.1 Å². The minimum atomic E-state index is -0.292. The molecule has 1 heterocycles. The number of nitrogens with one attached hydrogen (secondary N) is 1. The highest BCUT2D eigenvalue weighted by molar-refractivity contribution is 7.09. The Morgan fingerprint density at radius 3 is 2.70 bits per heavy atom. The van der Waals surface area contributed by atoms with E-state index in [4.69, 9.17) is 0 Å². The number of aromatic nitrogens is 1. The molecule has 5 heteroatoms. The Morgan fingerprint density at radius 2 is 2.10 bits per heavy atom. The fourth-order valence-electron chi connectivity index (χ4n) is 1.66. The van der Waals surface area contributed by atoms with Crippen LogP contribution in [0.4, 0.5) is 4.39 Å². The third-order valence-corrected chi connectivity index (χ3v) is 3.53. The zero-order valence-electron chi connectivity index (χ0n) is 11.3. The highest BCUT2D eigenvalue weighted by atomic mass is 32.1. The third-order valence-electron chi connectivity index (χ3n) is 2.74. The van der Waals surface area contributed by atoms with Gasteiger partial charge in [-0.25, -0.2) is 9.37 Å². The van der Waals surface area contributed by atoms with E-state index in [1.54, 1.807) is 29.5 Å². The SMILES string of the molecule is Cc1nc(C(C)NC(=O)/C=C/c2ccc(F)cc2)cs1. The summed E-state index contributed by atoms with van der Waals surface area (Å²) in [5.74, 6) is -0.494. The molecule has 1 amide bonds. The summed E-state index contributed by atoms with van der Waals surface area (Å²) in [5.41, 5.74) is 1.63. The second kappa shape index (κ2) is 6.43. The van der Waals surface area contributed by atoms with Gasteiger partial charge in [0.2, 0.25) is 5.91 Å². The normalized spacial score (nSPS) is 12.6. The number of thiazole rings is 1. The summed E-state index contributed by atoms with van der Waals surface area (Å²) in [5, 5.41) is 5.74. The van der Waals surface area contributed by atoms with E-state index in [2.05, 4.69) is 10.3 Å². The van der Waals surface area contributed by atoms with Crippen LogP contribution in [0.15, 0.2) is 35.7 Å². The molecule has 2 rings (SSSR count). The quantitative estimate of drug-likeness (QED) is 0.876. The molecule has 0 saturated carbocycles. The van der Waals surface area contributed by atoms with Crippen LogP contribution in [0.3, 0.4) is 0 Å². The number of hydrogen-bond acceptors (Lipinski definition) is 3. The number of rotatable bonds is 4. The number of carbonyl (C=O) groups is 1. The number of amides is 1. The molecule has 0 aliphatic rings. The summed E-state index contributed by atoms with van der Waals surface area (Å²) in [6.45, 7) is 3.81. The van der Waals surface area contributed by atoms with Gasteiger partial charge < -0.3 is 5.32 Å². The van der Waals surface area contributed by atoms with Crippen molar-refractivity contribution < 1.29 is 9.18 Å². The Kier molecular flexibility index (Phi) is 4.63. The molecule has 1 N–H and O–H groups in total. The van der Waals surface area contributed by atoms with Crippen LogP contribution in [0.5, 0.6) is 0 Å². The lowest BCUT2D eigenvalue weighted by Crippen LogP contribution is -2.24. The van der Waals surface area contributed by atoms with E-state index in [0.29, 0.717) is 0 Å². The maximum absolute atomic E-state index is 12.7. The van der Waals surface area contributed by atoms with Crippen molar-refractivity contribution >= 4 is 23.3 Å². The van der Waals surface area contributed by atoms with Crippen LogP contribution in [-0.4, -0.2) is 10.9 Å². The van der Waals surface area contributed by atoms with Crippen LogP contribution in [0.2, 0.25) is 0 Å². The molecule has 3 nitrogen and oxygen atoms in total. The van der Waals surface area contributed by atoms with Gasteiger partial charge in [0, 0.05) is 11.5 Å². The average molecular weight is 290 g/mol. The Labute approximate surface area is 121 Å². The maximum Gasteiger partial charge on any atom is 0.244 e. The van der Waals surface area contributed by atoms with Gasteiger partial charge in [0.15, 0.2) is 0 Å². The molecule has 0 saturated heterocycles. The van der Waals surface area contributed by atoms with Gasteiger partial charge >= 0.3 is 0 Å². The molecule has 0 fully saturated rings. The topological polar surface area (TPSA) is 42.0 Å². The highest BCUT2D eigenvalue weighted by Gasteiger charge is 2.10. The van der Waals surface area contributed by atoms with Gasteiger partial charge in [-0.3, -0.25) is 4.79 Å². The highest BCUT2D eigenvalue weighted by Crippen LogP contribution is 2.15. The summed E-state index contributed by atoms with van der Waals surface area (Å²) in [6, 6.07) is 5.82. The van der Waals surface area contributed by atoms with Crippen molar-refractivity contribution in [3.63, 3.8) is 0 Å². The van der Waals surface area contributed by atoms with E-state index in [9.17, 15) is 9.18 Å². The number of hydrogen-bond donors (Lipinski definition) is 1. The third kappa shape index (κ3) is 3.99. The number of aryl methyl sites for hydroxylation is 1. The predicted octanol–water partition coefficient (Wildman–Crippen LogP) is 3.48. The van der Waals surface area contributed by atoms with Gasteiger partial charge in [-0.05, 0) is 37.6 Å². The Balaban J connectivity index is 1.93. The van der Waals surface area contributed by atoms with Crippen LogP contribution in [0.25, 0.3) is 6.08 Å². The molecule has 0 aliphatic heterocycles. The van der Waals surface area contributed by atoms with Gasteiger partial charge in [0.25, 0.3) is 0 Å². The van der Waals surface area contributed by atoms with Crippen LogP contribution >= 0.6 is 11.3 Å². The first-order valence-corrected chi connectivity index (χ1v) is 7.09. The van der Waals surface area contributed by atoms with E-state index < -0.39 is 0 Å². The Hall–Kier alpha value is -2.01. The summed E-state index contributed by atoms with van der Waals surface area (Å²) in [6.07, 6.45) is 3.08. The first kappa shape index (κ1) is 14.4. The number of halogens is 1. The lowest BCUT2D eigenvalue weighted by atomic mass is 10.2. The zero-order chi connectivity index (χ0) is 14.5. The molecule has 20 heavy (non-hydrogen) atoms. The summed E-state index contributed by atoms with van der Waals surface area (Å²) in [7, 11) is 0. The van der Waals surface area contributed by atoms with Crippen molar-refractivity contribution in [1.29, 1.82) is 0 Å². The van der Waals surface area contributed by atoms with E-state index in [1.165, 1.54) is 18.2 Å². The zero-order valence-corrected chi connectivity index (χ0v) is 12.1. The van der Waals surface area contributed by atoms with Crippen LogP contribution in [0.1, 0.15) is 29.2 Å². The smallest absolute Gasteiger partial charge is 0.244 e.